The maximum atomic E-state index is 11.7. The number of halogens is 1. The molecule has 0 saturated carbocycles. The summed E-state index contributed by atoms with van der Waals surface area (Å²) in [5.74, 6) is 1.29. The number of methoxy groups -OCH3 is 2. The molecule has 1 unspecified atom stereocenters. The van der Waals surface area contributed by atoms with Crippen LogP contribution in [0.4, 0.5) is 0 Å². The molecule has 1 atom stereocenters. The molecule has 1 aromatic rings. The molecule has 1 amide bonds. The van der Waals surface area contributed by atoms with E-state index in [-0.39, 0.29) is 5.91 Å². The zero-order chi connectivity index (χ0) is 13.7. The predicted octanol–water partition coefficient (Wildman–Crippen LogP) is 2.29. The molecular formula is C13H18ClNO3. The van der Waals surface area contributed by atoms with Crippen LogP contribution in [0.3, 0.4) is 0 Å². The molecule has 0 spiro atoms. The molecule has 0 bridgehead atoms. The molecule has 0 radical (unpaired) electrons. The normalized spacial score (nSPS) is 11.8. The van der Waals surface area contributed by atoms with E-state index in [0.29, 0.717) is 12.3 Å². The minimum atomic E-state index is -0.528. The van der Waals surface area contributed by atoms with Gasteiger partial charge in [-0.15, -0.1) is 11.6 Å². The molecule has 5 heteroatoms. The van der Waals surface area contributed by atoms with Crippen LogP contribution < -0.4 is 9.47 Å². The molecule has 0 aliphatic carbocycles. The third-order valence-corrected chi connectivity index (χ3v) is 2.80. The standard InChI is InChI=1S/C13H18ClNO3/c1-9(14)13(16)15(2)8-10-5-6-11(17-3)7-12(10)18-4/h5-7,9H,8H2,1-4H3. The van der Waals surface area contributed by atoms with Crippen molar-refractivity contribution >= 4 is 17.5 Å². The highest BCUT2D eigenvalue weighted by Crippen LogP contribution is 2.25. The highest BCUT2D eigenvalue weighted by atomic mass is 35.5. The lowest BCUT2D eigenvalue weighted by Gasteiger charge is -2.20. The van der Waals surface area contributed by atoms with Gasteiger partial charge in [0.25, 0.3) is 0 Å². The third kappa shape index (κ3) is 3.53. The lowest BCUT2D eigenvalue weighted by molar-refractivity contribution is -0.129. The second kappa shape index (κ2) is 6.50. The lowest BCUT2D eigenvalue weighted by atomic mass is 10.1. The number of alkyl halides is 1. The first-order valence-corrected chi connectivity index (χ1v) is 6.03. The monoisotopic (exact) mass is 271 g/mol. The largest absolute Gasteiger partial charge is 0.497 e. The summed E-state index contributed by atoms with van der Waals surface area (Å²) >= 11 is 5.77. The average Bonchev–Trinajstić information content (AvgIpc) is 2.37. The number of benzene rings is 1. The van der Waals surface area contributed by atoms with Crippen LogP contribution >= 0.6 is 11.6 Å². The molecule has 18 heavy (non-hydrogen) atoms. The highest BCUT2D eigenvalue weighted by molar-refractivity contribution is 6.30. The van der Waals surface area contributed by atoms with Gasteiger partial charge in [-0.1, -0.05) is 0 Å². The number of hydrogen-bond acceptors (Lipinski definition) is 3. The van der Waals surface area contributed by atoms with E-state index in [2.05, 4.69) is 0 Å². The van der Waals surface area contributed by atoms with Crippen molar-refractivity contribution < 1.29 is 14.3 Å². The Hall–Kier alpha value is -1.42. The Bertz CT molecular complexity index is 421. The van der Waals surface area contributed by atoms with Gasteiger partial charge in [-0.2, -0.15) is 0 Å². The Morgan fingerprint density at radius 1 is 1.39 bits per heavy atom. The first kappa shape index (κ1) is 14.6. The van der Waals surface area contributed by atoms with Crippen molar-refractivity contribution in [1.82, 2.24) is 4.90 Å². The highest BCUT2D eigenvalue weighted by Gasteiger charge is 2.16. The minimum Gasteiger partial charge on any atom is -0.497 e. The van der Waals surface area contributed by atoms with Crippen molar-refractivity contribution in [3.05, 3.63) is 23.8 Å². The number of carbonyl (C=O) groups excluding carboxylic acids is 1. The maximum absolute atomic E-state index is 11.7. The minimum absolute atomic E-state index is 0.116. The van der Waals surface area contributed by atoms with E-state index >= 15 is 0 Å². The molecule has 0 aromatic heterocycles. The fraction of sp³-hybridized carbons (Fsp3) is 0.462. The van der Waals surface area contributed by atoms with E-state index in [0.717, 1.165) is 11.3 Å². The number of hydrogen-bond donors (Lipinski definition) is 0. The van der Waals surface area contributed by atoms with Crippen molar-refractivity contribution in [2.45, 2.75) is 18.8 Å². The van der Waals surface area contributed by atoms with Gasteiger partial charge in [-0.25, -0.2) is 0 Å². The van der Waals surface area contributed by atoms with Crippen molar-refractivity contribution in [1.29, 1.82) is 0 Å². The smallest absolute Gasteiger partial charge is 0.240 e. The number of amides is 1. The second-order valence-corrected chi connectivity index (χ2v) is 4.64. The van der Waals surface area contributed by atoms with Crippen molar-refractivity contribution in [3.63, 3.8) is 0 Å². The number of rotatable bonds is 5. The van der Waals surface area contributed by atoms with E-state index in [1.807, 2.05) is 12.1 Å². The van der Waals surface area contributed by atoms with Crippen LogP contribution in [-0.2, 0) is 11.3 Å². The summed E-state index contributed by atoms with van der Waals surface area (Å²) in [4.78, 5) is 13.3. The Balaban J connectivity index is 2.87. The molecule has 0 N–H and O–H groups in total. The molecule has 4 nitrogen and oxygen atoms in total. The summed E-state index contributed by atoms with van der Waals surface area (Å²) in [7, 11) is 4.90. The average molecular weight is 272 g/mol. The first-order valence-electron chi connectivity index (χ1n) is 5.59. The zero-order valence-electron chi connectivity index (χ0n) is 11.1. The van der Waals surface area contributed by atoms with Crippen LogP contribution in [0, 0.1) is 0 Å². The van der Waals surface area contributed by atoms with Gasteiger partial charge in [0.15, 0.2) is 0 Å². The van der Waals surface area contributed by atoms with E-state index < -0.39 is 5.38 Å². The van der Waals surface area contributed by atoms with Gasteiger partial charge >= 0.3 is 0 Å². The summed E-state index contributed by atoms with van der Waals surface area (Å²) in [6, 6.07) is 5.50. The molecule has 0 aliphatic heterocycles. The Morgan fingerprint density at radius 2 is 2.06 bits per heavy atom. The lowest BCUT2D eigenvalue weighted by Crippen LogP contribution is -2.31. The molecule has 0 heterocycles. The van der Waals surface area contributed by atoms with Gasteiger partial charge in [0.1, 0.15) is 16.9 Å². The predicted molar refractivity (Wildman–Crippen MR) is 71.3 cm³/mol. The molecule has 1 aromatic carbocycles. The van der Waals surface area contributed by atoms with Gasteiger partial charge in [-0.3, -0.25) is 4.79 Å². The number of carbonyl (C=O) groups is 1. The van der Waals surface area contributed by atoms with Crippen molar-refractivity contribution in [2.24, 2.45) is 0 Å². The van der Waals surface area contributed by atoms with E-state index in [1.54, 1.807) is 39.2 Å². The van der Waals surface area contributed by atoms with Gasteiger partial charge in [-0.05, 0) is 19.1 Å². The van der Waals surface area contributed by atoms with E-state index in [1.165, 1.54) is 0 Å². The fourth-order valence-electron chi connectivity index (χ4n) is 1.62. The topological polar surface area (TPSA) is 38.8 Å². The van der Waals surface area contributed by atoms with Gasteiger partial charge < -0.3 is 14.4 Å². The molecule has 1 rings (SSSR count). The van der Waals surface area contributed by atoms with E-state index in [4.69, 9.17) is 21.1 Å². The van der Waals surface area contributed by atoms with Crippen LogP contribution in [0.25, 0.3) is 0 Å². The van der Waals surface area contributed by atoms with Crippen LogP contribution in [0.2, 0.25) is 0 Å². The van der Waals surface area contributed by atoms with Crippen molar-refractivity contribution in [3.8, 4) is 11.5 Å². The molecular weight excluding hydrogens is 254 g/mol. The number of ether oxygens (including phenoxy) is 2. The first-order chi connectivity index (χ1) is 8.49. The summed E-state index contributed by atoms with van der Waals surface area (Å²) < 4.78 is 10.4. The van der Waals surface area contributed by atoms with Gasteiger partial charge in [0.2, 0.25) is 5.91 Å². The number of nitrogens with zero attached hydrogens (tertiary/aromatic N) is 1. The Labute approximate surface area is 112 Å². The maximum Gasteiger partial charge on any atom is 0.240 e. The quantitative estimate of drug-likeness (QED) is 0.772. The van der Waals surface area contributed by atoms with Crippen LogP contribution in [0.5, 0.6) is 11.5 Å². The van der Waals surface area contributed by atoms with E-state index in [9.17, 15) is 4.79 Å². The third-order valence-electron chi connectivity index (χ3n) is 2.62. The summed E-state index contributed by atoms with van der Waals surface area (Å²) in [5, 5.41) is -0.528. The summed E-state index contributed by atoms with van der Waals surface area (Å²) in [6.07, 6.45) is 0. The molecule has 0 fully saturated rings. The molecule has 0 saturated heterocycles. The zero-order valence-corrected chi connectivity index (χ0v) is 11.8. The van der Waals surface area contributed by atoms with Crippen LogP contribution in [0.15, 0.2) is 18.2 Å². The van der Waals surface area contributed by atoms with Crippen molar-refractivity contribution in [2.75, 3.05) is 21.3 Å². The fourth-order valence-corrected chi connectivity index (χ4v) is 1.79. The SMILES string of the molecule is COc1ccc(CN(C)C(=O)C(C)Cl)c(OC)c1. The summed E-state index contributed by atoms with van der Waals surface area (Å²) in [6.45, 7) is 2.11. The van der Waals surface area contributed by atoms with Gasteiger partial charge in [0.05, 0.1) is 14.2 Å². The Morgan fingerprint density at radius 3 is 2.56 bits per heavy atom. The van der Waals surface area contributed by atoms with Crippen LogP contribution in [-0.4, -0.2) is 37.5 Å². The Kier molecular flexibility index (Phi) is 5.28. The van der Waals surface area contributed by atoms with Gasteiger partial charge in [0, 0.05) is 25.2 Å². The molecule has 0 aliphatic rings. The molecule has 100 valence electrons. The van der Waals surface area contributed by atoms with Crippen LogP contribution in [0.1, 0.15) is 12.5 Å². The summed E-state index contributed by atoms with van der Waals surface area (Å²) in [5.41, 5.74) is 0.909. The second-order valence-electron chi connectivity index (χ2n) is 3.99.